The third kappa shape index (κ3) is 5.03. The minimum Gasteiger partial charge on any atom is -0.481 e. The number of carboxylic acids is 1. The van der Waals surface area contributed by atoms with Crippen molar-refractivity contribution in [3.63, 3.8) is 0 Å². The van der Waals surface area contributed by atoms with E-state index in [4.69, 9.17) is 5.11 Å². The van der Waals surface area contributed by atoms with Crippen molar-refractivity contribution >= 4 is 27.8 Å². The lowest BCUT2D eigenvalue weighted by Crippen LogP contribution is -2.45. The van der Waals surface area contributed by atoms with Crippen LogP contribution in [0.3, 0.4) is 0 Å². The highest BCUT2D eigenvalue weighted by Gasteiger charge is 2.28. The highest BCUT2D eigenvalue weighted by Crippen LogP contribution is 2.22. The molecular formula is C14H18BrNO3. The summed E-state index contributed by atoms with van der Waals surface area (Å²) < 4.78 is 0.811. The molecular weight excluding hydrogens is 310 g/mol. The molecule has 0 fully saturated rings. The molecule has 2 N–H and O–H groups in total. The van der Waals surface area contributed by atoms with Gasteiger partial charge in [0.1, 0.15) is 0 Å². The number of amides is 1. The van der Waals surface area contributed by atoms with Gasteiger partial charge in [0.2, 0.25) is 0 Å². The van der Waals surface area contributed by atoms with Gasteiger partial charge in [0.15, 0.2) is 0 Å². The smallest absolute Gasteiger partial charge is 0.305 e. The third-order valence-electron chi connectivity index (χ3n) is 2.82. The van der Waals surface area contributed by atoms with Crippen LogP contribution >= 0.6 is 15.9 Å². The Morgan fingerprint density at radius 1 is 1.37 bits per heavy atom. The first-order valence-corrected chi connectivity index (χ1v) is 6.77. The van der Waals surface area contributed by atoms with E-state index in [1.807, 2.05) is 26.8 Å². The Morgan fingerprint density at radius 3 is 2.47 bits per heavy atom. The summed E-state index contributed by atoms with van der Waals surface area (Å²) in [6.07, 6.45) is -0.0940. The lowest BCUT2D eigenvalue weighted by atomic mass is 9.84. The molecule has 19 heavy (non-hydrogen) atoms. The number of halogens is 1. The number of rotatable bonds is 4. The molecule has 0 aromatic heterocycles. The van der Waals surface area contributed by atoms with Crippen LogP contribution in [0.5, 0.6) is 0 Å². The Kier molecular flexibility index (Phi) is 5.11. The number of hydrogen-bond acceptors (Lipinski definition) is 2. The van der Waals surface area contributed by atoms with Crippen molar-refractivity contribution in [2.75, 3.05) is 0 Å². The predicted octanol–water partition coefficient (Wildman–Crippen LogP) is 3.07. The lowest BCUT2D eigenvalue weighted by molar-refractivity contribution is -0.138. The van der Waals surface area contributed by atoms with Gasteiger partial charge >= 0.3 is 5.97 Å². The van der Waals surface area contributed by atoms with Gasteiger partial charge in [-0.3, -0.25) is 9.59 Å². The van der Waals surface area contributed by atoms with Crippen molar-refractivity contribution in [3.05, 3.63) is 34.3 Å². The maximum absolute atomic E-state index is 12.1. The lowest BCUT2D eigenvalue weighted by Gasteiger charge is -2.30. The minimum atomic E-state index is -0.922. The van der Waals surface area contributed by atoms with Gasteiger partial charge in [-0.15, -0.1) is 0 Å². The van der Waals surface area contributed by atoms with Gasteiger partial charge < -0.3 is 10.4 Å². The van der Waals surface area contributed by atoms with Gasteiger partial charge in [-0.2, -0.15) is 0 Å². The molecule has 1 unspecified atom stereocenters. The fourth-order valence-electron chi connectivity index (χ4n) is 1.62. The molecule has 0 aliphatic heterocycles. The Morgan fingerprint density at radius 2 is 2.00 bits per heavy atom. The van der Waals surface area contributed by atoms with Crippen LogP contribution in [0, 0.1) is 5.41 Å². The first kappa shape index (κ1) is 15.7. The molecule has 0 saturated carbocycles. The average molecular weight is 328 g/mol. The van der Waals surface area contributed by atoms with Gasteiger partial charge in [0.05, 0.1) is 6.42 Å². The topological polar surface area (TPSA) is 66.4 Å². The molecule has 1 aromatic rings. The van der Waals surface area contributed by atoms with Gasteiger partial charge in [-0.05, 0) is 23.6 Å². The van der Waals surface area contributed by atoms with E-state index in [9.17, 15) is 9.59 Å². The molecule has 0 radical (unpaired) electrons. The van der Waals surface area contributed by atoms with Crippen LogP contribution < -0.4 is 5.32 Å². The van der Waals surface area contributed by atoms with E-state index in [1.165, 1.54) is 0 Å². The zero-order valence-electron chi connectivity index (χ0n) is 11.2. The second kappa shape index (κ2) is 6.19. The molecule has 5 heteroatoms. The van der Waals surface area contributed by atoms with E-state index in [2.05, 4.69) is 21.2 Å². The van der Waals surface area contributed by atoms with E-state index in [1.54, 1.807) is 18.2 Å². The van der Waals surface area contributed by atoms with E-state index in [0.717, 1.165) is 4.47 Å². The standard InChI is InChI=1S/C14H18BrNO3/c1-14(2,3)11(8-12(17)18)16-13(19)9-5-4-6-10(15)7-9/h4-7,11H,8H2,1-3H3,(H,16,19)(H,17,18). The average Bonchev–Trinajstić information content (AvgIpc) is 2.26. The summed E-state index contributed by atoms with van der Waals surface area (Å²) in [7, 11) is 0. The van der Waals surface area contributed by atoms with Crippen molar-refractivity contribution < 1.29 is 14.7 Å². The summed E-state index contributed by atoms with van der Waals surface area (Å²) >= 11 is 3.30. The first-order chi connectivity index (χ1) is 8.70. The molecule has 0 heterocycles. The van der Waals surface area contributed by atoms with Crippen LogP contribution in [-0.2, 0) is 4.79 Å². The van der Waals surface area contributed by atoms with Gasteiger partial charge in [0, 0.05) is 16.1 Å². The van der Waals surface area contributed by atoms with E-state index in [-0.39, 0.29) is 17.7 Å². The summed E-state index contributed by atoms with van der Waals surface area (Å²) in [6.45, 7) is 5.71. The number of carboxylic acid groups (broad SMARTS) is 1. The van der Waals surface area contributed by atoms with Crippen LogP contribution in [0.2, 0.25) is 0 Å². The van der Waals surface area contributed by atoms with E-state index in [0.29, 0.717) is 5.56 Å². The largest absolute Gasteiger partial charge is 0.481 e. The zero-order valence-corrected chi connectivity index (χ0v) is 12.8. The zero-order chi connectivity index (χ0) is 14.6. The highest BCUT2D eigenvalue weighted by atomic mass is 79.9. The number of hydrogen-bond donors (Lipinski definition) is 2. The monoisotopic (exact) mass is 327 g/mol. The van der Waals surface area contributed by atoms with Crippen LogP contribution in [0.15, 0.2) is 28.7 Å². The van der Waals surface area contributed by atoms with Gasteiger partial charge in [-0.1, -0.05) is 42.8 Å². The molecule has 0 aliphatic rings. The Bertz CT molecular complexity index is 480. The Hall–Kier alpha value is -1.36. The summed E-state index contributed by atoms with van der Waals surface area (Å²) in [5.41, 5.74) is 0.189. The van der Waals surface area contributed by atoms with Gasteiger partial charge in [-0.25, -0.2) is 0 Å². The van der Waals surface area contributed by atoms with E-state index < -0.39 is 12.0 Å². The SMILES string of the molecule is CC(C)(C)C(CC(=O)O)NC(=O)c1cccc(Br)c1. The Balaban J connectivity index is 2.85. The summed E-state index contributed by atoms with van der Waals surface area (Å²) in [6, 6.07) is 6.57. The van der Waals surface area contributed by atoms with Crippen LogP contribution in [0.1, 0.15) is 37.6 Å². The Labute approximate surface area is 121 Å². The molecule has 1 amide bonds. The minimum absolute atomic E-state index is 0.0940. The quantitative estimate of drug-likeness (QED) is 0.893. The van der Waals surface area contributed by atoms with Crippen molar-refractivity contribution in [2.45, 2.75) is 33.2 Å². The first-order valence-electron chi connectivity index (χ1n) is 5.98. The van der Waals surface area contributed by atoms with Gasteiger partial charge in [0.25, 0.3) is 5.91 Å². The molecule has 1 atom stereocenters. The summed E-state index contributed by atoms with van der Waals surface area (Å²) in [5, 5.41) is 11.7. The summed E-state index contributed by atoms with van der Waals surface area (Å²) in [4.78, 5) is 23.0. The van der Waals surface area contributed by atoms with Crippen LogP contribution in [0.4, 0.5) is 0 Å². The van der Waals surface area contributed by atoms with Crippen molar-refractivity contribution in [2.24, 2.45) is 5.41 Å². The number of nitrogens with one attached hydrogen (secondary N) is 1. The second-order valence-corrected chi connectivity index (χ2v) is 6.42. The van der Waals surface area contributed by atoms with Crippen molar-refractivity contribution in [3.8, 4) is 0 Å². The molecule has 1 aromatic carbocycles. The maximum atomic E-state index is 12.1. The summed E-state index contributed by atoms with van der Waals surface area (Å²) in [5.74, 6) is -1.18. The molecule has 0 saturated heterocycles. The van der Waals surface area contributed by atoms with Crippen molar-refractivity contribution in [1.29, 1.82) is 0 Å². The fourth-order valence-corrected chi connectivity index (χ4v) is 2.02. The number of carbonyl (C=O) groups excluding carboxylic acids is 1. The van der Waals surface area contributed by atoms with E-state index >= 15 is 0 Å². The second-order valence-electron chi connectivity index (χ2n) is 5.50. The molecule has 0 bridgehead atoms. The van der Waals surface area contributed by atoms with Crippen molar-refractivity contribution in [1.82, 2.24) is 5.32 Å². The predicted molar refractivity (Wildman–Crippen MR) is 77.1 cm³/mol. The molecule has 0 aliphatic carbocycles. The number of aliphatic carboxylic acids is 1. The van der Waals surface area contributed by atoms with Crippen LogP contribution in [-0.4, -0.2) is 23.0 Å². The number of benzene rings is 1. The van der Waals surface area contributed by atoms with Crippen LogP contribution in [0.25, 0.3) is 0 Å². The maximum Gasteiger partial charge on any atom is 0.305 e. The fraction of sp³-hybridized carbons (Fsp3) is 0.429. The molecule has 1 rings (SSSR count). The molecule has 104 valence electrons. The highest BCUT2D eigenvalue weighted by molar-refractivity contribution is 9.10. The normalized spacial score (nSPS) is 12.8. The molecule has 4 nitrogen and oxygen atoms in total. The third-order valence-corrected chi connectivity index (χ3v) is 3.31. The molecule has 0 spiro atoms. The number of carbonyl (C=O) groups is 2.